The van der Waals surface area contributed by atoms with Crippen LogP contribution in [0.1, 0.15) is 22.3 Å². The first-order valence-corrected chi connectivity index (χ1v) is 10.6. The van der Waals surface area contributed by atoms with Crippen molar-refractivity contribution in [2.45, 2.75) is 18.9 Å². The van der Waals surface area contributed by atoms with Crippen LogP contribution in [-0.2, 0) is 16.0 Å². The zero-order chi connectivity index (χ0) is 23.4. The number of carbonyl (C=O) groups excluding carboxylic acids is 3. The number of amides is 3. The lowest BCUT2D eigenvalue weighted by Crippen LogP contribution is -2.46. The lowest BCUT2D eigenvalue weighted by molar-refractivity contribution is -0.122. The van der Waals surface area contributed by atoms with Crippen LogP contribution in [0.4, 0.5) is 10.1 Å². The quantitative estimate of drug-likeness (QED) is 0.517. The topological polar surface area (TPSA) is 66.9 Å². The van der Waals surface area contributed by atoms with Gasteiger partial charge in [-0.1, -0.05) is 30.3 Å². The van der Waals surface area contributed by atoms with Gasteiger partial charge in [-0.2, -0.15) is 0 Å². The van der Waals surface area contributed by atoms with Crippen LogP contribution in [0.25, 0.3) is 0 Å². The van der Waals surface area contributed by atoms with Crippen LogP contribution in [0.15, 0.2) is 78.9 Å². The van der Waals surface area contributed by atoms with Crippen molar-refractivity contribution in [2.24, 2.45) is 0 Å². The van der Waals surface area contributed by atoms with Crippen LogP contribution in [0.2, 0.25) is 0 Å². The standard InChI is InChI=1S/C26H23FN2O4/c1-33-22-13-7-19(8-14-22)25(31)28(16-15-18-5-3-2-4-6-18)23-17-24(30)29(26(23)32)21-11-9-20(27)10-12-21/h2-14,23H,15-17H2,1H3. The Bertz CT molecular complexity index is 1150. The molecule has 1 aliphatic rings. The molecule has 0 spiro atoms. The van der Waals surface area contributed by atoms with E-state index < -0.39 is 23.7 Å². The first-order valence-electron chi connectivity index (χ1n) is 10.6. The molecule has 0 bridgehead atoms. The predicted octanol–water partition coefficient (Wildman–Crippen LogP) is 3.85. The summed E-state index contributed by atoms with van der Waals surface area (Å²) in [5.74, 6) is -1.13. The molecule has 1 unspecified atom stereocenters. The number of ether oxygens (including phenoxy) is 1. The second-order valence-electron chi connectivity index (χ2n) is 7.73. The van der Waals surface area contributed by atoms with Crippen molar-refractivity contribution in [2.75, 3.05) is 18.6 Å². The lowest BCUT2D eigenvalue weighted by atomic mass is 10.1. The molecule has 1 aliphatic heterocycles. The highest BCUT2D eigenvalue weighted by molar-refractivity contribution is 6.23. The highest BCUT2D eigenvalue weighted by Crippen LogP contribution is 2.27. The smallest absolute Gasteiger partial charge is 0.257 e. The summed E-state index contributed by atoms with van der Waals surface area (Å²) in [6, 6.07) is 20.4. The predicted molar refractivity (Wildman–Crippen MR) is 121 cm³/mol. The number of methoxy groups -OCH3 is 1. The number of halogens is 1. The van der Waals surface area contributed by atoms with E-state index in [4.69, 9.17) is 4.74 Å². The number of hydrogen-bond acceptors (Lipinski definition) is 4. The van der Waals surface area contributed by atoms with Gasteiger partial charge in [0.1, 0.15) is 17.6 Å². The maximum atomic E-state index is 13.4. The van der Waals surface area contributed by atoms with E-state index in [0.29, 0.717) is 17.7 Å². The molecule has 33 heavy (non-hydrogen) atoms. The molecule has 1 heterocycles. The van der Waals surface area contributed by atoms with Crippen molar-refractivity contribution >= 4 is 23.4 Å². The molecule has 1 saturated heterocycles. The second kappa shape index (κ2) is 9.65. The maximum absolute atomic E-state index is 13.4. The summed E-state index contributed by atoms with van der Waals surface area (Å²) in [6.45, 7) is 0.260. The molecule has 0 aliphatic carbocycles. The van der Waals surface area contributed by atoms with E-state index in [0.717, 1.165) is 10.5 Å². The molecule has 3 aromatic rings. The van der Waals surface area contributed by atoms with Crippen molar-refractivity contribution in [3.63, 3.8) is 0 Å². The molecular weight excluding hydrogens is 423 g/mol. The highest BCUT2D eigenvalue weighted by atomic mass is 19.1. The Labute approximate surface area is 191 Å². The molecule has 4 rings (SSSR count). The maximum Gasteiger partial charge on any atom is 0.257 e. The molecule has 168 valence electrons. The molecule has 3 amide bonds. The van der Waals surface area contributed by atoms with E-state index in [1.807, 2.05) is 30.3 Å². The molecule has 6 nitrogen and oxygen atoms in total. The van der Waals surface area contributed by atoms with Crippen LogP contribution in [0.3, 0.4) is 0 Å². The number of imide groups is 1. The monoisotopic (exact) mass is 446 g/mol. The number of nitrogens with zero attached hydrogens (tertiary/aromatic N) is 2. The van der Waals surface area contributed by atoms with Gasteiger partial charge < -0.3 is 9.64 Å². The van der Waals surface area contributed by atoms with Gasteiger partial charge in [0.15, 0.2) is 0 Å². The Balaban J connectivity index is 1.62. The fraction of sp³-hybridized carbons (Fsp3) is 0.192. The van der Waals surface area contributed by atoms with E-state index >= 15 is 0 Å². The normalized spacial score (nSPS) is 15.6. The minimum Gasteiger partial charge on any atom is -0.497 e. The van der Waals surface area contributed by atoms with Gasteiger partial charge in [-0.3, -0.25) is 14.4 Å². The van der Waals surface area contributed by atoms with Crippen LogP contribution >= 0.6 is 0 Å². The average Bonchev–Trinajstić information content (AvgIpc) is 3.14. The summed E-state index contributed by atoms with van der Waals surface area (Å²) in [5.41, 5.74) is 1.69. The number of hydrogen-bond donors (Lipinski definition) is 0. The molecule has 0 N–H and O–H groups in total. The Hall–Kier alpha value is -4.00. The first kappa shape index (κ1) is 22.2. The van der Waals surface area contributed by atoms with Gasteiger partial charge in [0.2, 0.25) is 5.91 Å². The number of rotatable bonds is 7. The summed E-state index contributed by atoms with van der Waals surface area (Å²) in [7, 11) is 1.54. The van der Waals surface area contributed by atoms with Gasteiger partial charge in [-0.05, 0) is 60.5 Å². The van der Waals surface area contributed by atoms with Crippen molar-refractivity contribution < 1.29 is 23.5 Å². The largest absolute Gasteiger partial charge is 0.497 e. The van der Waals surface area contributed by atoms with Crippen molar-refractivity contribution in [1.29, 1.82) is 0 Å². The molecule has 3 aromatic carbocycles. The number of carbonyl (C=O) groups is 3. The zero-order valence-electron chi connectivity index (χ0n) is 18.1. The molecule has 0 radical (unpaired) electrons. The first-order chi connectivity index (χ1) is 16.0. The van der Waals surface area contributed by atoms with Crippen LogP contribution < -0.4 is 9.64 Å². The van der Waals surface area contributed by atoms with Gasteiger partial charge in [0, 0.05) is 12.1 Å². The van der Waals surface area contributed by atoms with E-state index in [1.165, 1.54) is 36.3 Å². The third-order valence-corrected chi connectivity index (χ3v) is 5.67. The third kappa shape index (κ3) is 4.77. The molecule has 0 saturated carbocycles. The Morgan fingerprint density at radius 3 is 2.30 bits per heavy atom. The van der Waals surface area contributed by atoms with Gasteiger partial charge in [-0.15, -0.1) is 0 Å². The summed E-state index contributed by atoms with van der Waals surface area (Å²) in [6.07, 6.45) is 0.393. The zero-order valence-corrected chi connectivity index (χ0v) is 18.1. The average molecular weight is 446 g/mol. The number of anilines is 1. The Morgan fingerprint density at radius 1 is 1.00 bits per heavy atom. The minimum absolute atomic E-state index is 0.132. The van der Waals surface area contributed by atoms with Crippen molar-refractivity contribution in [1.82, 2.24) is 4.90 Å². The van der Waals surface area contributed by atoms with Gasteiger partial charge >= 0.3 is 0 Å². The molecule has 0 aromatic heterocycles. The Kier molecular flexibility index (Phi) is 6.49. The molecule has 7 heteroatoms. The van der Waals surface area contributed by atoms with Crippen LogP contribution in [-0.4, -0.2) is 42.3 Å². The van der Waals surface area contributed by atoms with Crippen molar-refractivity contribution in [3.05, 3.63) is 95.8 Å². The van der Waals surface area contributed by atoms with Crippen LogP contribution in [0.5, 0.6) is 5.75 Å². The van der Waals surface area contributed by atoms with E-state index in [-0.39, 0.29) is 24.6 Å². The van der Waals surface area contributed by atoms with E-state index in [2.05, 4.69) is 0 Å². The second-order valence-corrected chi connectivity index (χ2v) is 7.73. The highest BCUT2D eigenvalue weighted by Gasteiger charge is 2.44. The third-order valence-electron chi connectivity index (χ3n) is 5.67. The fourth-order valence-electron chi connectivity index (χ4n) is 3.91. The molecule has 1 atom stereocenters. The van der Waals surface area contributed by atoms with Gasteiger partial charge in [0.05, 0.1) is 19.2 Å². The SMILES string of the molecule is COc1ccc(C(=O)N(CCc2ccccc2)C2CC(=O)N(c3ccc(F)cc3)C2=O)cc1. The summed E-state index contributed by atoms with van der Waals surface area (Å²) in [4.78, 5) is 42.0. The minimum atomic E-state index is -0.944. The molecule has 1 fully saturated rings. The van der Waals surface area contributed by atoms with Crippen molar-refractivity contribution in [3.8, 4) is 5.75 Å². The summed E-state index contributed by atoms with van der Waals surface area (Å²) < 4.78 is 18.5. The lowest BCUT2D eigenvalue weighted by Gasteiger charge is -2.28. The van der Waals surface area contributed by atoms with Gasteiger partial charge in [-0.25, -0.2) is 9.29 Å². The summed E-state index contributed by atoms with van der Waals surface area (Å²) in [5, 5.41) is 0. The summed E-state index contributed by atoms with van der Waals surface area (Å²) >= 11 is 0. The van der Waals surface area contributed by atoms with Crippen LogP contribution in [0, 0.1) is 5.82 Å². The number of benzene rings is 3. The van der Waals surface area contributed by atoms with E-state index in [9.17, 15) is 18.8 Å². The molecular formula is C26H23FN2O4. The van der Waals surface area contributed by atoms with Gasteiger partial charge in [0.25, 0.3) is 11.8 Å². The van der Waals surface area contributed by atoms with E-state index in [1.54, 1.807) is 24.3 Å². The fourth-order valence-corrected chi connectivity index (χ4v) is 3.91. The Morgan fingerprint density at radius 2 is 1.67 bits per heavy atom.